The summed E-state index contributed by atoms with van der Waals surface area (Å²) in [5.74, 6) is -0.288. The molecule has 1 aliphatic rings. The number of amides is 1. The first-order chi connectivity index (χ1) is 14.8. The van der Waals surface area contributed by atoms with E-state index in [4.69, 9.17) is 16.7 Å². The largest absolute Gasteiger partial charge is 0.367 e. The molecular formula is C23H22ClN3O3S. The van der Waals surface area contributed by atoms with Gasteiger partial charge in [-0.3, -0.25) is 4.79 Å². The summed E-state index contributed by atoms with van der Waals surface area (Å²) in [7, 11) is -3.94. The van der Waals surface area contributed by atoms with Gasteiger partial charge in [0.15, 0.2) is 0 Å². The first-order valence-electron chi connectivity index (χ1n) is 9.83. The molecule has 0 atom stereocenters. The Morgan fingerprint density at radius 2 is 1.77 bits per heavy atom. The predicted molar refractivity (Wildman–Crippen MR) is 123 cm³/mol. The topological polar surface area (TPSA) is 92.5 Å². The zero-order valence-corrected chi connectivity index (χ0v) is 18.3. The van der Waals surface area contributed by atoms with Crippen molar-refractivity contribution in [2.24, 2.45) is 5.14 Å². The van der Waals surface area contributed by atoms with Crippen molar-refractivity contribution in [2.45, 2.75) is 24.3 Å². The van der Waals surface area contributed by atoms with Crippen molar-refractivity contribution < 1.29 is 13.2 Å². The molecule has 0 saturated carbocycles. The van der Waals surface area contributed by atoms with Crippen molar-refractivity contribution in [1.29, 1.82) is 0 Å². The Labute approximate surface area is 186 Å². The number of halogens is 1. The second-order valence-electron chi connectivity index (χ2n) is 7.48. The number of nitrogens with zero attached hydrogens (tertiary/aromatic N) is 1. The molecule has 0 saturated heterocycles. The number of sulfonamides is 1. The Hall–Kier alpha value is -2.87. The van der Waals surface area contributed by atoms with Gasteiger partial charge in [-0.05, 0) is 53.4 Å². The molecule has 3 aromatic carbocycles. The third-order valence-corrected chi connectivity index (χ3v) is 6.66. The van der Waals surface area contributed by atoms with Gasteiger partial charge < -0.3 is 10.2 Å². The summed E-state index contributed by atoms with van der Waals surface area (Å²) in [6, 6.07) is 20.3. The summed E-state index contributed by atoms with van der Waals surface area (Å²) in [5, 5.41) is 8.80. The summed E-state index contributed by atoms with van der Waals surface area (Å²) in [5.41, 5.74) is 3.68. The molecule has 0 radical (unpaired) electrons. The maximum atomic E-state index is 12.6. The number of hydrogen-bond donors (Lipinski definition) is 2. The number of para-hydroxylation sites is 1. The zero-order valence-electron chi connectivity index (χ0n) is 16.7. The quantitative estimate of drug-likeness (QED) is 0.613. The third-order valence-electron chi connectivity index (χ3n) is 5.31. The van der Waals surface area contributed by atoms with Crippen molar-refractivity contribution in [3.63, 3.8) is 0 Å². The standard InChI is InChI=1S/C23H22ClN3O3S/c24-21-9-5-4-6-16(21)13-23(28)26-18-12-17-15-27(19-7-2-1-3-8-19)11-10-20(17)22(14-18)31(25,29)30/h1-9,12,14H,10-11,13,15H2,(H,26,28)(H2,25,29,30). The first kappa shape index (κ1) is 21.4. The van der Waals surface area contributed by atoms with Crippen LogP contribution in [0, 0.1) is 0 Å². The lowest BCUT2D eigenvalue weighted by Gasteiger charge is -2.32. The molecule has 0 bridgehead atoms. The third kappa shape index (κ3) is 4.90. The van der Waals surface area contributed by atoms with E-state index in [1.807, 2.05) is 42.5 Å². The van der Waals surface area contributed by atoms with Crippen molar-refractivity contribution in [3.8, 4) is 0 Å². The number of rotatable bonds is 5. The van der Waals surface area contributed by atoms with Gasteiger partial charge in [-0.1, -0.05) is 48.0 Å². The lowest BCUT2D eigenvalue weighted by Crippen LogP contribution is -2.32. The Kier molecular flexibility index (Phi) is 6.00. The van der Waals surface area contributed by atoms with Gasteiger partial charge >= 0.3 is 0 Å². The number of anilines is 2. The summed E-state index contributed by atoms with van der Waals surface area (Å²) in [4.78, 5) is 14.8. The summed E-state index contributed by atoms with van der Waals surface area (Å²) in [6.07, 6.45) is 0.626. The molecule has 0 spiro atoms. The van der Waals surface area contributed by atoms with E-state index in [-0.39, 0.29) is 17.2 Å². The molecule has 0 unspecified atom stereocenters. The highest BCUT2D eigenvalue weighted by Crippen LogP contribution is 2.31. The van der Waals surface area contributed by atoms with Gasteiger partial charge in [0.2, 0.25) is 15.9 Å². The van der Waals surface area contributed by atoms with Crippen LogP contribution in [0.25, 0.3) is 0 Å². The minimum atomic E-state index is -3.94. The summed E-state index contributed by atoms with van der Waals surface area (Å²) < 4.78 is 24.5. The van der Waals surface area contributed by atoms with Gasteiger partial charge in [0, 0.05) is 29.5 Å². The van der Waals surface area contributed by atoms with Crippen LogP contribution in [0.5, 0.6) is 0 Å². The van der Waals surface area contributed by atoms with E-state index in [1.54, 1.807) is 18.2 Å². The average molecular weight is 456 g/mol. The molecule has 3 N–H and O–H groups in total. The average Bonchev–Trinajstić information content (AvgIpc) is 2.74. The number of hydrogen-bond acceptors (Lipinski definition) is 4. The van der Waals surface area contributed by atoms with Crippen LogP contribution in [0.15, 0.2) is 71.6 Å². The lowest BCUT2D eigenvalue weighted by molar-refractivity contribution is -0.115. The van der Waals surface area contributed by atoms with Crippen molar-refractivity contribution in [3.05, 3.63) is 88.4 Å². The molecule has 1 aliphatic heterocycles. The molecule has 0 fully saturated rings. The van der Waals surface area contributed by atoms with E-state index < -0.39 is 10.0 Å². The molecule has 160 valence electrons. The SMILES string of the molecule is NS(=O)(=O)c1cc(NC(=O)Cc2ccccc2Cl)cc2c1CCN(c1ccccc1)C2. The number of primary sulfonamides is 1. The van der Waals surface area contributed by atoms with Gasteiger partial charge in [-0.25, -0.2) is 13.6 Å². The number of nitrogens with one attached hydrogen (secondary N) is 1. The molecule has 0 aromatic heterocycles. The van der Waals surface area contributed by atoms with Crippen LogP contribution in [0.3, 0.4) is 0 Å². The summed E-state index contributed by atoms with van der Waals surface area (Å²) in [6.45, 7) is 1.20. The first-order valence-corrected chi connectivity index (χ1v) is 11.8. The van der Waals surface area contributed by atoms with Gasteiger partial charge in [0.25, 0.3) is 0 Å². The Bertz CT molecular complexity index is 1230. The van der Waals surface area contributed by atoms with Gasteiger partial charge in [0.05, 0.1) is 11.3 Å². The molecule has 8 heteroatoms. The molecule has 6 nitrogen and oxygen atoms in total. The van der Waals surface area contributed by atoms with Crippen LogP contribution in [0.1, 0.15) is 16.7 Å². The Morgan fingerprint density at radius 1 is 1.06 bits per heavy atom. The number of carbonyl (C=O) groups excluding carboxylic acids is 1. The maximum Gasteiger partial charge on any atom is 0.238 e. The van der Waals surface area contributed by atoms with Gasteiger partial charge in [-0.15, -0.1) is 0 Å². The highest BCUT2D eigenvalue weighted by atomic mass is 35.5. The number of benzene rings is 3. The van der Waals surface area contributed by atoms with Crippen LogP contribution < -0.4 is 15.4 Å². The van der Waals surface area contributed by atoms with E-state index in [2.05, 4.69) is 10.2 Å². The van der Waals surface area contributed by atoms with Crippen LogP contribution in [0.4, 0.5) is 11.4 Å². The highest BCUT2D eigenvalue weighted by Gasteiger charge is 2.25. The van der Waals surface area contributed by atoms with Gasteiger partial charge in [-0.2, -0.15) is 0 Å². The van der Waals surface area contributed by atoms with Crippen LogP contribution >= 0.6 is 11.6 Å². The van der Waals surface area contributed by atoms with E-state index in [1.165, 1.54) is 6.07 Å². The van der Waals surface area contributed by atoms with E-state index in [0.29, 0.717) is 41.3 Å². The minimum absolute atomic E-state index is 0.0609. The monoisotopic (exact) mass is 455 g/mol. The molecule has 1 amide bonds. The zero-order chi connectivity index (χ0) is 22.0. The molecule has 3 aromatic rings. The second-order valence-corrected chi connectivity index (χ2v) is 9.42. The van der Waals surface area contributed by atoms with Crippen molar-refractivity contribution in [1.82, 2.24) is 0 Å². The fraction of sp³-hybridized carbons (Fsp3) is 0.174. The molecule has 0 aliphatic carbocycles. The molecular weight excluding hydrogens is 434 g/mol. The fourth-order valence-corrected chi connectivity index (χ4v) is 4.93. The van der Waals surface area contributed by atoms with E-state index in [0.717, 1.165) is 11.3 Å². The Balaban J connectivity index is 1.63. The Morgan fingerprint density at radius 3 is 2.48 bits per heavy atom. The fourth-order valence-electron chi connectivity index (χ4n) is 3.86. The normalized spacial score (nSPS) is 13.5. The van der Waals surface area contributed by atoms with Gasteiger partial charge in [0.1, 0.15) is 0 Å². The molecule has 4 rings (SSSR count). The van der Waals surface area contributed by atoms with E-state index in [9.17, 15) is 13.2 Å². The number of carbonyl (C=O) groups is 1. The highest BCUT2D eigenvalue weighted by molar-refractivity contribution is 7.89. The second kappa shape index (κ2) is 8.70. The predicted octanol–water partition coefficient (Wildman–Crippen LogP) is 3.73. The molecule has 1 heterocycles. The summed E-state index contributed by atoms with van der Waals surface area (Å²) >= 11 is 6.14. The smallest absolute Gasteiger partial charge is 0.238 e. The number of nitrogens with two attached hydrogens (primary N) is 1. The maximum absolute atomic E-state index is 12.6. The van der Waals surface area contributed by atoms with Crippen LogP contribution in [0.2, 0.25) is 5.02 Å². The minimum Gasteiger partial charge on any atom is -0.367 e. The van der Waals surface area contributed by atoms with Crippen LogP contribution in [-0.4, -0.2) is 20.9 Å². The van der Waals surface area contributed by atoms with Crippen molar-refractivity contribution in [2.75, 3.05) is 16.8 Å². The van der Waals surface area contributed by atoms with Crippen molar-refractivity contribution >= 4 is 38.9 Å². The van der Waals surface area contributed by atoms with E-state index >= 15 is 0 Å². The lowest BCUT2D eigenvalue weighted by atomic mass is 9.98. The molecule has 31 heavy (non-hydrogen) atoms. The van der Waals surface area contributed by atoms with Crippen LogP contribution in [-0.2, 0) is 34.2 Å². The number of fused-ring (bicyclic) bond motifs is 1.